The molecule has 35 heavy (non-hydrogen) atoms. The molecular weight excluding hydrogens is 625 g/mol. The second-order valence-corrected chi connectivity index (χ2v) is 15.7. The normalized spacial score (nSPS) is 22.9. The molecule has 0 radical (unpaired) electrons. The van der Waals surface area contributed by atoms with Crippen molar-refractivity contribution in [3.63, 3.8) is 0 Å². The van der Waals surface area contributed by atoms with Gasteiger partial charge in [0.1, 0.15) is 0 Å². The van der Waals surface area contributed by atoms with Gasteiger partial charge in [-0.25, -0.2) is 0 Å². The van der Waals surface area contributed by atoms with Gasteiger partial charge in [-0.15, -0.1) is 0 Å². The third-order valence-electron chi connectivity index (χ3n) is 5.60. The van der Waals surface area contributed by atoms with E-state index < -0.39 is 59.0 Å². The number of sulfonamides is 1. The Morgan fingerprint density at radius 1 is 1.40 bits per heavy atom. The van der Waals surface area contributed by atoms with Crippen molar-refractivity contribution in [2.75, 3.05) is 22.3 Å². The van der Waals surface area contributed by atoms with Gasteiger partial charge in [0.2, 0.25) is 0 Å². The Labute approximate surface area is 210 Å². The predicted molar refractivity (Wildman–Crippen MR) is 133 cm³/mol. The Bertz CT molecular complexity index is 1220. The molecular formula is C20H22F4IN5O3S2. The number of nitrogens with zero attached hydrogens (tertiary/aromatic N) is 2. The van der Waals surface area contributed by atoms with Crippen LogP contribution in [0.15, 0.2) is 40.4 Å². The fourth-order valence-electron chi connectivity index (χ4n) is 3.97. The first kappa shape index (κ1) is 26.1. The molecule has 2 aliphatic heterocycles. The molecule has 2 atom stereocenters. The van der Waals surface area contributed by atoms with E-state index in [-0.39, 0.29) is 42.6 Å². The van der Waals surface area contributed by atoms with Crippen LogP contribution in [0.25, 0.3) is 0 Å². The SMILES string of the molecule is N=C/C=C(\N)[C@H]1C[C@@H](C(F)(F)F)CCN1I1CCOc2cc(S(=O)(=O)Nc3nccs3)c(F)cc21. The van der Waals surface area contributed by atoms with Crippen molar-refractivity contribution in [1.29, 1.82) is 5.41 Å². The summed E-state index contributed by atoms with van der Waals surface area (Å²) in [4.78, 5) is 3.25. The number of alkyl halides is 4. The number of anilines is 1. The second kappa shape index (κ2) is 10.2. The molecule has 1 fully saturated rings. The molecule has 8 nitrogen and oxygen atoms in total. The van der Waals surface area contributed by atoms with E-state index in [4.69, 9.17) is 15.9 Å². The van der Waals surface area contributed by atoms with Crippen LogP contribution in [0.1, 0.15) is 12.8 Å². The molecule has 192 valence electrons. The van der Waals surface area contributed by atoms with Crippen molar-refractivity contribution >= 4 is 52.8 Å². The van der Waals surface area contributed by atoms with Gasteiger partial charge in [-0.05, 0) is 0 Å². The molecule has 1 aromatic heterocycles. The summed E-state index contributed by atoms with van der Waals surface area (Å²) in [5, 5.41) is 8.94. The van der Waals surface area contributed by atoms with Crippen molar-refractivity contribution in [2.24, 2.45) is 11.7 Å². The molecule has 3 heterocycles. The Hall–Kier alpha value is -1.98. The average Bonchev–Trinajstić information content (AvgIpc) is 3.29. The van der Waals surface area contributed by atoms with Gasteiger partial charge in [-0.1, -0.05) is 0 Å². The van der Waals surface area contributed by atoms with Crippen molar-refractivity contribution in [3.8, 4) is 5.75 Å². The third kappa shape index (κ3) is 5.56. The van der Waals surface area contributed by atoms with Crippen molar-refractivity contribution < 1.29 is 30.7 Å². The molecule has 1 aromatic carbocycles. The van der Waals surface area contributed by atoms with Crippen LogP contribution in [0.3, 0.4) is 0 Å². The van der Waals surface area contributed by atoms with Crippen molar-refractivity contribution in [2.45, 2.75) is 30.0 Å². The van der Waals surface area contributed by atoms with E-state index in [1.807, 2.05) is 3.11 Å². The van der Waals surface area contributed by atoms with Crippen LogP contribution in [-0.4, -0.2) is 52.5 Å². The molecule has 0 spiro atoms. The molecule has 0 bridgehead atoms. The number of ether oxygens (including phenoxy) is 1. The van der Waals surface area contributed by atoms with Crippen LogP contribution in [0, 0.1) is 20.7 Å². The van der Waals surface area contributed by atoms with Gasteiger partial charge < -0.3 is 0 Å². The van der Waals surface area contributed by atoms with Crippen LogP contribution in [0.2, 0.25) is 0 Å². The van der Waals surface area contributed by atoms with Gasteiger partial charge in [0.25, 0.3) is 0 Å². The quantitative estimate of drug-likeness (QED) is 0.142. The van der Waals surface area contributed by atoms with E-state index in [0.29, 0.717) is 8.00 Å². The first-order valence-corrected chi connectivity index (χ1v) is 16.3. The number of hydrogen-bond acceptors (Lipinski definition) is 8. The summed E-state index contributed by atoms with van der Waals surface area (Å²) in [7, 11) is -4.28. The zero-order valence-electron chi connectivity index (χ0n) is 18.1. The number of piperidine rings is 1. The van der Waals surface area contributed by atoms with E-state index in [0.717, 1.165) is 29.7 Å². The third-order valence-corrected chi connectivity index (χ3v) is 14.1. The summed E-state index contributed by atoms with van der Waals surface area (Å²) >= 11 is -1.49. The molecule has 0 amide bonds. The number of aromatic nitrogens is 1. The number of allylic oxidation sites excluding steroid dienone is 1. The molecule has 0 unspecified atom stereocenters. The van der Waals surface area contributed by atoms with Crippen LogP contribution in [0.4, 0.5) is 22.7 Å². The van der Waals surface area contributed by atoms with E-state index in [9.17, 15) is 21.6 Å². The fraction of sp³-hybridized carbons (Fsp3) is 0.400. The first-order valence-electron chi connectivity index (χ1n) is 10.4. The van der Waals surface area contributed by atoms with Crippen LogP contribution in [0.5, 0.6) is 5.75 Å². The van der Waals surface area contributed by atoms with Crippen molar-refractivity contribution in [3.05, 3.63) is 44.9 Å². The number of hydrogen-bond donors (Lipinski definition) is 3. The first-order chi connectivity index (χ1) is 16.5. The summed E-state index contributed by atoms with van der Waals surface area (Å²) in [5.41, 5.74) is 6.23. The Kier molecular flexibility index (Phi) is 7.59. The fourth-order valence-corrected chi connectivity index (χ4v) is 12.1. The number of nitrogens with two attached hydrogens (primary N) is 1. The Morgan fingerprint density at radius 2 is 2.17 bits per heavy atom. The molecule has 1 saturated heterocycles. The van der Waals surface area contributed by atoms with Gasteiger partial charge in [-0.2, -0.15) is 0 Å². The number of nitrogens with one attached hydrogen (secondary N) is 2. The molecule has 0 aliphatic carbocycles. The Morgan fingerprint density at radius 3 is 2.83 bits per heavy atom. The number of benzene rings is 1. The van der Waals surface area contributed by atoms with Crippen LogP contribution in [-0.2, 0) is 10.0 Å². The molecule has 4 rings (SSSR count). The molecule has 2 aliphatic rings. The predicted octanol–water partition coefficient (Wildman–Crippen LogP) is 4.20. The summed E-state index contributed by atoms with van der Waals surface area (Å²) < 4.78 is 91.8. The van der Waals surface area contributed by atoms with Crippen LogP contribution < -0.4 is 15.2 Å². The standard InChI is InChI=1S/C20H22F4IN5O3S2/c21-13-10-14-17(11-18(13)35(31,32)29-19-28-5-8-34-19)33-7-3-25(14)30-6-2-12(20(22,23)24)9-16(30)15(27)1-4-26/h1,4-5,8,10-12,16,26H,2-3,6-7,9,27H2,(H,28,29)/b15-1-,26-4?/t12-,16+/m0/s1. The summed E-state index contributed by atoms with van der Waals surface area (Å²) in [6.45, 7) is 0.335. The van der Waals surface area contributed by atoms with Gasteiger partial charge in [0.15, 0.2) is 0 Å². The minimum atomic E-state index is -4.37. The Balaban J connectivity index is 1.68. The van der Waals surface area contributed by atoms with Gasteiger partial charge in [0, 0.05) is 0 Å². The molecule has 2 aromatic rings. The number of thiazole rings is 1. The number of halogens is 5. The van der Waals surface area contributed by atoms with Gasteiger partial charge in [0.05, 0.1) is 0 Å². The maximum atomic E-state index is 15.1. The van der Waals surface area contributed by atoms with Gasteiger partial charge in [-0.3, -0.25) is 0 Å². The maximum absolute atomic E-state index is 15.1. The summed E-state index contributed by atoms with van der Waals surface area (Å²) in [6, 6.07) is 1.49. The number of rotatable bonds is 6. The second-order valence-electron chi connectivity index (χ2n) is 7.77. The monoisotopic (exact) mass is 647 g/mol. The number of fused-ring (bicyclic) bond motifs is 1. The molecule has 15 heteroatoms. The van der Waals surface area contributed by atoms with Gasteiger partial charge >= 0.3 is 212 Å². The average molecular weight is 647 g/mol. The van der Waals surface area contributed by atoms with E-state index in [1.54, 1.807) is 5.38 Å². The summed E-state index contributed by atoms with van der Waals surface area (Å²) in [6.07, 6.45) is -1.13. The molecule has 0 saturated carbocycles. The zero-order valence-corrected chi connectivity index (χ0v) is 21.8. The zero-order chi connectivity index (χ0) is 25.4. The van der Waals surface area contributed by atoms with E-state index in [1.165, 1.54) is 12.3 Å². The summed E-state index contributed by atoms with van der Waals surface area (Å²) in [5.74, 6) is -2.31. The van der Waals surface area contributed by atoms with E-state index >= 15 is 4.39 Å². The topological polar surface area (TPSA) is 121 Å². The van der Waals surface area contributed by atoms with E-state index in [2.05, 4.69) is 9.71 Å². The molecule has 4 N–H and O–H groups in total. The minimum absolute atomic E-state index is 0.0836. The van der Waals surface area contributed by atoms with Crippen LogP contribution >= 0.6 is 31.4 Å². The van der Waals surface area contributed by atoms with Crippen molar-refractivity contribution in [1.82, 2.24) is 8.10 Å².